The SMILES string of the molecule is CC(C)(C)OC=O.Nc1ccc(CN2CCNCC2)cc1. The van der Waals surface area contributed by atoms with Gasteiger partial charge in [-0.2, -0.15) is 0 Å². The fourth-order valence-corrected chi connectivity index (χ4v) is 1.89. The molecular formula is C16H27N3O2. The second-order valence-corrected chi connectivity index (χ2v) is 6.09. The summed E-state index contributed by atoms with van der Waals surface area (Å²) in [6.45, 7) is 11.5. The van der Waals surface area contributed by atoms with Gasteiger partial charge < -0.3 is 15.8 Å². The van der Waals surface area contributed by atoms with Gasteiger partial charge in [-0.15, -0.1) is 0 Å². The standard InChI is InChI=1S/C11H17N3.C5H10O2/c12-11-3-1-10(2-4-11)9-14-7-5-13-6-8-14;1-5(2,3)7-4-6/h1-4,13H,5-9,12H2;4H,1-3H3. The Morgan fingerprint density at radius 3 is 2.24 bits per heavy atom. The van der Waals surface area contributed by atoms with Crippen LogP contribution in [0.4, 0.5) is 5.69 Å². The summed E-state index contributed by atoms with van der Waals surface area (Å²) < 4.78 is 4.55. The van der Waals surface area contributed by atoms with E-state index in [0.29, 0.717) is 6.47 Å². The third-order valence-corrected chi connectivity index (χ3v) is 3.00. The molecule has 1 aromatic rings. The summed E-state index contributed by atoms with van der Waals surface area (Å²) in [7, 11) is 0. The molecule has 5 nitrogen and oxygen atoms in total. The van der Waals surface area contributed by atoms with E-state index in [4.69, 9.17) is 5.73 Å². The molecule has 1 fully saturated rings. The molecule has 0 aromatic heterocycles. The van der Waals surface area contributed by atoms with E-state index in [1.807, 2.05) is 32.9 Å². The van der Waals surface area contributed by atoms with Crippen molar-refractivity contribution < 1.29 is 9.53 Å². The highest BCUT2D eigenvalue weighted by Gasteiger charge is 2.09. The molecule has 2 rings (SSSR count). The van der Waals surface area contributed by atoms with Crippen LogP contribution in [0.2, 0.25) is 0 Å². The number of hydrogen-bond donors (Lipinski definition) is 2. The number of rotatable bonds is 3. The predicted molar refractivity (Wildman–Crippen MR) is 85.9 cm³/mol. The summed E-state index contributed by atoms with van der Waals surface area (Å²) in [6, 6.07) is 8.16. The van der Waals surface area contributed by atoms with E-state index in [-0.39, 0.29) is 5.60 Å². The zero-order chi connectivity index (χ0) is 15.7. The summed E-state index contributed by atoms with van der Waals surface area (Å²) in [5, 5.41) is 3.35. The number of ether oxygens (including phenoxy) is 1. The molecule has 0 spiro atoms. The molecule has 0 atom stereocenters. The lowest BCUT2D eigenvalue weighted by atomic mass is 10.2. The average Bonchev–Trinajstić information content (AvgIpc) is 2.42. The maximum Gasteiger partial charge on any atom is 0.293 e. The molecular weight excluding hydrogens is 266 g/mol. The number of hydrogen-bond acceptors (Lipinski definition) is 5. The number of piperazine rings is 1. The van der Waals surface area contributed by atoms with Crippen molar-refractivity contribution in [2.45, 2.75) is 32.9 Å². The highest BCUT2D eigenvalue weighted by Crippen LogP contribution is 2.08. The molecule has 0 unspecified atom stereocenters. The lowest BCUT2D eigenvalue weighted by Gasteiger charge is -2.27. The Bertz CT molecular complexity index is 407. The van der Waals surface area contributed by atoms with E-state index < -0.39 is 0 Å². The highest BCUT2D eigenvalue weighted by atomic mass is 16.5. The molecule has 1 aliphatic rings. The summed E-state index contributed by atoms with van der Waals surface area (Å²) in [6.07, 6.45) is 0. The number of benzene rings is 1. The zero-order valence-electron chi connectivity index (χ0n) is 13.3. The largest absolute Gasteiger partial charge is 0.462 e. The quantitative estimate of drug-likeness (QED) is 0.655. The van der Waals surface area contributed by atoms with Crippen molar-refractivity contribution in [1.82, 2.24) is 10.2 Å². The van der Waals surface area contributed by atoms with Gasteiger partial charge in [0.1, 0.15) is 5.60 Å². The van der Waals surface area contributed by atoms with Crippen LogP contribution in [0.1, 0.15) is 26.3 Å². The molecule has 0 saturated carbocycles. The highest BCUT2D eigenvalue weighted by molar-refractivity contribution is 5.39. The van der Waals surface area contributed by atoms with Crippen LogP contribution in [0.15, 0.2) is 24.3 Å². The number of nitrogens with zero attached hydrogens (tertiary/aromatic N) is 1. The van der Waals surface area contributed by atoms with Crippen molar-refractivity contribution in [2.24, 2.45) is 0 Å². The zero-order valence-corrected chi connectivity index (χ0v) is 13.3. The van der Waals surface area contributed by atoms with Crippen molar-refractivity contribution in [3.05, 3.63) is 29.8 Å². The number of anilines is 1. The summed E-state index contributed by atoms with van der Waals surface area (Å²) in [4.78, 5) is 12.1. The molecule has 5 heteroatoms. The smallest absolute Gasteiger partial charge is 0.293 e. The fraction of sp³-hybridized carbons (Fsp3) is 0.562. The van der Waals surface area contributed by atoms with Gasteiger partial charge in [-0.05, 0) is 38.5 Å². The van der Waals surface area contributed by atoms with Gasteiger partial charge in [-0.1, -0.05) is 12.1 Å². The molecule has 1 aromatic carbocycles. The Hall–Kier alpha value is -1.59. The van der Waals surface area contributed by atoms with Gasteiger partial charge in [0.2, 0.25) is 0 Å². The van der Waals surface area contributed by atoms with Crippen molar-refractivity contribution in [3.8, 4) is 0 Å². The van der Waals surface area contributed by atoms with Gasteiger partial charge in [-0.25, -0.2) is 0 Å². The minimum absolute atomic E-state index is 0.318. The maximum absolute atomic E-state index is 9.60. The Morgan fingerprint density at radius 1 is 1.24 bits per heavy atom. The number of nitrogen functional groups attached to an aromatic ring is 1. The van der Waals surface area contributed by atoms with Gasteiger partial charge in [0.05, 0.1) is 0 Å². The lowest BCUT2D eigenvalue weighted by Crippen LogP contribution is -2.42. The third-order valence-electron chi connectivity index (χ3n) is 3.00. The Labute approximate surface area is 127 Å². The van der Waals surface area contributed by atoms with Gasteiger partial charge >= 0.3 is 0 Å². The predicted octanol–water partition coefficient (Wildman–Crippen LogP) is 1.63. The number of carbonyl (C=O) groups is 1. The number of nitrogens with two attached hydrogens (primary N) is 1. The van der Waals surface area contributed by atoms with Gasteiger partial charge in [-0.3, -0.25) is 9.69 Å². The maximum atomic E-state index is 9.60. The summed E-state index contributed by atoms with van der Waals surface area (Å²) in [5.41, 5.74) is 7.51. The van der Waals surface area contributed by atoms with Crippen LogP contribution >= 0.6 is 0 Å². The van der Waals surface area contributed by atoms with E-state index >= 15 is 0 Å². The Morgan fingerprint density at radius 2 is 1.81 bits per heavy atom. The van der Waals surface area contributed by atoms with E-state index in [1.165, 1.54) is 5.56 Å². The van der Waals surface area contributed by atoms with Crippen LogP contribution in [-0.4, -0.2) is 43.2 Å². The first kappa shape index (κ1) is 17.5. The first-order valence-corrected chi connectivity index (χ1v) is 7.29. The molecule has 0 bridgehead atoms. The first-order chi connectivity index (χ1) is 9.90. The Kier molecular flexibility index (Phi) is 7.19. The van der Waals surface area contributed by atoms with Crippen LogP contribution in [0.25, 0.3) is 0 Å². The Balaban J connectivity index is 0.000000270. The van der Waals surface area contributed by atoms with Crippen LogP contribution in [0.5, 0.6) is 0 Å². The van der Waals surface area contributed by atoms with Crippen LogP contribution < -0.4 is 11.1 Å². The molecule has 1 heterocycles. The van der Waals surface area contributed by atoms with Gasteiger partial charge in [0, 0.05) is 38.4 Å². The van der Waals surface area contributed by atoms with Gasteiger partial charge in [0.15, 0.2) is 0 Å². The monoisotopic (exact) mass is 293 g/mol. The normalized spacial score (nSPS) is 15.8. The summed E-state index contributed by atoms with van der Waals surface area (Å²) >= 11 is 0. The third kappa shape index (κ3) is 8.32. The second kappa shape index (κ2) is 8.64. The fourth-order valence-electron chi connectivity index (χ4n) is 1.89. The number of nitrogens with one attached hydrogen (secondary N) is 1. The minimum atomic E-state index is -0.318. The second-order valence-electron chi connectivity index (χ2n) is 6.09. The molecule has 0 radical (unpaired) electrons. The van der Waals surface area contributed by atoms with E-state index in [2.05, 4.69) is 27.1 Å². The lowest BCUT2D eigenvalue weighted by molar-refractivity contribution is -0.138. The summed E-state index contributed by atoms with van der Waals surface area (Å²) in [5.74, 6) is 0. The number of carbonyl (C=O) groups excluding carboxylic acids is 1. The first-order valence-electron chi connectivity index (χ1n) is 7.29. The topological polar surface area (TPSA) is 67.6 Å². The van der Waals surface area contributed by atoms with Gasteiger partial charge in [0.25, 0.3) is 6.47 Å². The molecule has 0 amide bonds. The molecule has 21 heavy (non-hydrogen) atoms. The van der Waals surface area contributed by atoms with E-state index in [9.17, 15) is 4.79 Å². The van der Waals surface area contributed by atoms with E-state index in [1.54, 1.807) is 0 Å². The molecule has 1 aliphatic heterocycles. The minimum Gasteiger partial charge on any atom is -0.462 e. The van der Waals surface area contributed by atoms with Crippen molar-refractivity contribution in [1.29, 1.82) is 0 Å². The van der Waals surface area contributed by atoms with E-state index in [0.717, 1.165) is 38.4 Å². The molecule has 0 aliphatic carbocycles. The average molecular weight is 293 g/mol. The van der Waals surface area contributed by atoms with Crippen molar-refractivity contribution >= 4 is 12.2 Å². The van der Waals surface area contributed by atoms with Crippen molar-refractivity contribution in [2.75, 3.05) is 31.9 Å². The van der Waals surface area contributed by atoms with Crippen LogP contribution in [0.3, 0.4) is 0 Å². The molecule has 118 valence electrons. The molecule has 3 N–H and O–H groups in total. The van der Waals surface area contributed by atoms with Crippen molar-refractivity contribution in [3.63, 3.8) is 0 Å². The van der Waals surface area contributed by atoms with Crippen LogP contribution in [0, 0.1) is 0 Å². The molecule has 1 saturated heterocycles. The van der Waals surface area contributed by atoms with Crippen LogP contribution in [-0.2, 0) is 16.1 Å².